The van der Waals surface area contributed by atoms with Gasteiger partial charge < -0.3 is 19.4 Å². The maximum Gasteiger partial charge on any atom is 0.243 e. The molecule has 1 aliphatic rings. The van der Waals surface area contributed by atoms with Crippen LogP contribution in [0.4, 0.5) is 0 Å². The van der Waals surface area contributed by atoms with Crippen molar-refractivity contribution in [1.82, 2.24) is 14.2 Å². The summed E-state index contributed by atoms with van der Waals surface area (Å²) in [7, 11) is 1.39. The van der Waals surface area contributed by atoms with Gasteiger partial charge in [0, 0.05) is 49.3 Å². The molecule has 2 heterocycles. The number of nitrogens with one attached hydrogen (secondary N) is 1. The minimum atomic E-state index is -3.69. The molecule has 3 aromatic rings. The lowest BCUT2D eigenvalue weighted by Gasteiger charge is -2.31. The Kier molecular flexibility index (Phi) is 6.62. The van der Waals surface area contributed by atoms with E-state index in [-0.39, 0.29) is 23.9 Å². The first kappa shape index (κ1) is 23.1. The first-order valence-corrected chi connectivity index (χ1v) is 12.3. The second-order valence-corrected chi connectivity index (χ2v) is 10.2. The Morgan fingerprint density at radius 3 is 2.70 bits per heavy atom. The van der Waals surface area contributed by atoms with Crippen molar-refractivity contribution in [1.29, 1.82) is 0 Å². The Labute approximate surface area is 194 Å². The van der Waals surface area contributed by atoms with Gasteiger partial charge in [-0.3, -0.25) is 4.79 Å². The van der Waals surface area contributed by atoms with Crippen molar-refractivity contribution in [2.75, 3.05) is 27.3 Å². The smallest absolute Gasteiger partial charge is 0.243 e. The summed E-state index contributed by atoms with van der Waals surface area (Å²) in [5, 5.41) is 3.81. The van der Waals surface area contributed by atoms with Crippen molar-refractivity contribution in [2.24, 2.45) is 13.0 Å². The lowest BCUT2D eigenvalue weighted by atomic mass is 9.98. The number of rotatable bonds is 7. The van der Waals surface area contributed by atoms with Crippen molar-refractivity contribution >= 4 is 26.8 Å². The third kappa shape index (κ3) is 4.69. The van der Waals surface area contributed by atoms with Gasteiger partial charge in [0.1, 0.15) is 11.5 Å². The number of hydrogen-bond acceptors (Lipinski definition) is 5. The third-order valence-corrected chi connectivity index (χ3v) is 8.05. The molecule has 33 heavy (non-hydrogen) atoms. The molecule has 1 N–H and O–H groups in total. The molecule has 0 saturated carbocycles. The topological polar surface area (TPSA) is 89.9 Å². The van der Waals surface area contributed by atoms with Gasteiger partial charge in [-0.25, -0.2) is 8.42 Å². The van der Waals surface area contributed by atoms with E-state index in [1.165, 1.54) is 4.31 Å². The number of ether oxygens (including phenoxy) is 2. The zero-order valence-electron chi connectivity index (χ0n) is 19.1. The van der Waals surface area contributed by atoms with E-state index in [1.54, 1.807) is 38.5 Å². The quantitative estimate of drug-likeness (QED) is 0.572. The normalized spacial score (nSPS) is 17.1. The molecule has 1 unspecified atom stereocenters. The second kappa shape index (κ2) is 9.44. The summed E-state index contributed by atoms with van der Waals surface area (Å²) in [5.74, 6) is 0.745. The molecule has 1 aliphatic heterocycles. The summed E-state index contributed by atoms with van der Waals surface area (Å²) in [4.78, 5) is 13.2. The van der Waals surface area contributed by atoms with Crippen molar-refractivity contribution < 1.29 is 22.7 Å². The minimum Gasteiger partial charge on any atom is -0.497 e. The molecule has 8 nitrogen and oxygen atoms in total. The molecule has 0 bridgehead atoms. The van der Waals surface area contributed by atoms with Gasteiger partial charge in [-0.2, -0.15) is 4.31 Å². The number of aryl methyl sites for hydroxylation is 1. The lowest BCUT2D eigenvalue weighted by molar-refractivity contribution is -0.126. The molecule has 1 fully saturated rings. The average Bonchev–Trinajstić information content (AvgIpc) is 3.22. The van der Waals surface area contributed by atoms with Crippen LogP contribution >= 0.6 is 0 Å². The molecule has 2 aromatic carbocycles. The number of sulfonamides is 1. The number of nitrogens with zero attached hydrogens (tertiary/aromatic N) is 2. The van der Waals surface area contributed by atoms with E-state index in [0.717, 1.165) is 16.5 Å². The molecule has 9 heteroatoms. The van der Waals surface area contributed by atoms with E-state index in [4.69, 9.17) is 9.47 Å². The highest BCUT2D eigenvalue weighted by Crippen LogP contribution is 2.27. The van der Waals surface area contributed by atoms with Gasteiger partial charge in [0.2, 0.25) is 15.9 Å². The predicted octanol–water partition coefficient (Wildman–Crippen LogP) is 2.91. The first-order valence-electron chi connectivity index (χ1n) is 10.9. The SMILES string of the molecule is COc1ccc(OC)c(CNC(=O)C2CCCN(S(=O)(=O)c3ccc4c(ccn4C)c3)C2)c1. The molecule has 4 rings (SSSR count). The molecular weight excluding hydrogens is 442 g/mol. The van der Waals surface area contributed by atoms with Crippen LogP contribution in [0.3, 0.4) is 0 Å². The van der Waals surface area contributed by atoms with Crippen LogP contribution in [-0.4, -0.2) is 50.5 Å². The van der Waals surface area contributed by atoms with Gasteiger partial charge in [-0.1, -0.05) is 0 Å². The first-order chi connectivity index (χ1) is 15.8. The summed E-state index contributed by atoms with van der Waals surface area (Å²) in [6.07, 6.45) is 3.18. The number of fused-ring (bicyclic) bond motifs is 1. The number of hydrogen-bond donors (Lipinski definition) is 1. The number of benzene rings is 2. The standard InChI is InChI=1S/C24H29N3O5S/c1-26-12-10-17-14-21(7-8-22(17)26)33(29,30)27-11-4-5-18(16-27)24(28)25-15-19-13-20(31-2)6-9-23(19)32-3/h6-10,12-14,18H,4-5,11,15-16H2,1-3H3,(H,25,28). The summed E-state index contributed by atoms with van der Waals surface area (Å²) < 4.78 is 40.6. The predicted molar refractivity (Wildman–Crippen MR) is 126 cm³/mol. The van der Waals surface area contributed by atoms with Gasteiger partial charge >= 0.3 is 0 Å². The Morgan fingerprint density at radius 2 is 1.94 bits per heavy atom. The highest BCUT2D eigenvalue weighted by atomic mass is 32.2. The van der Waals surface area contributed by atoms with Crippen molar-refractivity contribution in [3.63, 3.8) is 0 Å². The Morgan fingerprint density at radius 1 is 1.12 bits per heavy atom. The largest absolute Gasteiger partial charge is 0.497 e. The average molecular weight is 472 g/mol. The number of methoxy groups -OCH3 is 2. The minimum absolute atomic E-state index is 0.163. The molecule has 1 aromatic heterocycles. The van der Waals surface area contributed by atoms with Crippen LogP contribution in [0.25, 0.3) is 10.9 Å². The van der Waals surface area contributed by atoms with Crippen molar-refractivity contribution in [2.45, 2.75) is 24.3 Å². The summed E-state index contributed by atoms with van der Waals surface area (Å²) in [6, 6.07) is 12.4. The molecule has 176 valence electrons. The van der Waals surface area contributed by atoms with E-state index in [1.807, 2.05) is 36.0 Å². The fourth-order valence-electron chi connectivity index (χ4n) is 4.29. The van der Waals surface area contributed by atoms with Crippen LogP contribution in [0.15, 0.2) is 53.6 Å². The fraction of sp³-hybridized carbons (Fsp3) is 0.375. The van der Waals surface area contributed by atoms with Gasteiger partial charge in [-0.05, 0) is 55.3 Å². The third-order valence-electron chi connectivity index (χ3n) is 6.19. The van der Waals surface area contributed by atoms with Gasteiger partial charge in [-0.15, -0.1) is 0 Å². The molecule has 0 radical (unpaired) electrons. The second-order valence-electron chi connectivity index (χ2n) is 8.25. The maximum absolute atomic E-state index is 13.3. The van der Waals surface area contributed by atoms with Crippen LogP contribution < -0.4 is 14.8 Å². The van der Waals surface area contributed by atoms with Crippen LogP contribution in [0.1, 0.15) is 18.4 Å². The van der Waals surface area contributed by atoms with Gasteiger partial charge in [0.05, 0.1) is 25.0 Å². The number of amides is 1. The van der Waals surface area contributed by atoms with Crippen LogP contribution in [0.2, 0.25) is 0 Å². The summed E-state index contributed by atoms with van der Waals surface area (Å²) in [5.41, 5.74) is 1.76. The molecule has 0 spiro atoms. The highest BCUT2D eigenvalue weighted by Gasteiger charge is 2.33. The number of aromatic nitrogens is 1. The molecule has 1 atom stereocenters. The number of carbonyl (C=O) groups is 1. The number of piperidine rings is 1. The zero-order chi connectivity index (χ0) is 23.6. The molecule has 1 saturated heterocycles. The molecular formula is C24H29N3O5S. The lowest BCUT2D eigenvalue weighted by Crippen LogP contribution is -2.45. The van der Waals surface area contributed by atoms with Gasteiger partial charge in [0.15, 0.2) is 0 Å². The Hall–Kier alpha value is -3.04. The fourth-order valence-corrected chi connectivity index (χ4v) is 5.85. The van der Waals surface area contributed by atoms with E-state index < -0.39 is 15.9 Å². The van der Waals surface area contributed by atoms with E-state index >= 15 is 0 Å². The Bertz CT molecular complexity index is 1270. The van der Waals surface area contributed by atoms with Crippen LogP contribution in [0.5, 0.6) is 11.5 Å². The van der Waals surface area contributed by atoms with Crippen molar-refractivity contribution in [3.8, 4) is 11.5 Å². The zero-order valence-corrected chi connectivity index (χ0v) is 19.9. The summed E-state index contributed by atoms with van der Waals surface area (Å²) >= 11 is 0. The number of carbonyl (C=O) groups excluding carboxylic acids is 1. The molecule has 0 aliphatic carbocycles. The van der Waals surface area contributed by atoms with Gasteiger partial charge in [0.25, 0.3) is 0 Å². The monoisotopic (exact) mass is 471 g/mol. The van der Waals surface area contributed by atoms with E-state index in [2.05, 4.69) is 5.32 Å². The van der Waals surface area contributed by atoms with Crippen LogP contribution in [0, 0.1) is 5.92 Å². The van der Waals surface area contributed by atoms with E-state index in [0.29, 0.717) is 30.9 Å². The van der Waals surface area contributed by atoms with Crippen LogP contribution in [-0.2, 0) is 28.4 Å². The Balaban J connectivity index is 1.45. The summed E-state index contributed by atoms with van der Waals surface area (Å²) in [6.45, 7) is 0.839. The maximum atomic E-state index is 13.3. The molecule has 1 amide bonds. The highest BCUT2D eigenvalue weighted by molar-refractivity contribution is 7.89. The van der Waals surface area contributed by atoms with Crippen molar-refractivity contribution in [3.05, 3.63) is 54.2 Å². The van der Waals surface area contributed by atoms with E-state index in [9.17, 15) is 13.2 Å².